The minimum atomic E-state index is 0.0641. The largest absolute Gasteiger partial charge is 0.464 e. The van der Waals surface area contributed by atoms with Gasteiger partial charge in [-0.15, -0.1) is 0 Å². The third-order valence-electron chi connectivity index (χ3n) is 2.24. The molecule has 2 N–H and O–H groups in total. The molecule has 0 aliphatic heterocycles. The van der Waals surface area contributed by atoms with Gasteiger partial charge in [-0.1, -0.05) is 11.4 Å². The summed E-state index contributed by atoms with van der Waals surface area (Å²) >= 11 is 1.30. The third-order valence-corrected chi connectivity index (χ3v) is 3.74. The molecule has 1 heterocycles. The van der Waals surface area contributed by atoms with Crippen LogP contribution in [0.2, 0.25) is 0 Å². The van der Waals surface area contributed by atoms with Crippen LogP contribution in [0.15, 0.2) is 0 Å². The molecule has 1 unspecified atom stereocenters. The number of nitrogens with two attached hydrogens (primary N) is 1. The molecule has 1 atom stereocenters. The zero-order chi connectivity index (χ0) is 13.5. The molecular weight excluding hydrogens is 273 g/mol. The van der Waals surface area contributed by atoms with Crippen molar-refractivity contribution < 1.29 is 9.30 Å². The summed E-state index contributed by atoms with van der Waals surface area (Å²) in [4.78, 5) is 13.9. The summed E-state index contributed by atoms with van der Waals surface area (Å²) in [6, 6.07) is 0.335. The fourth-order valence-electron chi connectivity index (χ4n) is 1.16. The number of nitrogens with zero attached hydrogens (tertiary/aromatic N) is 4. The Morgan fingerprint density at radius 2 is 2.22 bits per heavy atom. The summed E-state index contributed by atoms with van der Waals surface area (Å²) in [7, 11) is 1.91. The Bertz CT molecular complexity index is 409. The molecule has 0 amide bonds. The van der Waals surface area contributed by atoms with Gasteiger partial charge in [0.2, 0.25) is 19.6 Å². The SMILES string of the molecule is CCOc1nc(N)nc(N(C)C(C)CSP=O)n1. The van der Waals surface area contributed by atoms with E-state index >= 15 is 0 Å². The van der Waals surface area contributed by atoms with E-state index in [2.05, 4.69) is 15.0 Å². The minimum absolute atomic E-state index is 0.0641. The quantitative estimate of drug-likeness (QED) is 0.757. The molecular formula is C9H16N5O2PS. The Hall–Kier alpha value is -1.14. The number of nitrogen functional groups attached to an aromatic ring is 1. The van der Waals surface area contributed by atoms with Crippen LogP contribution >= 0.6 is 19.0 Å². The third kappa shape index (κ3) is 4.27. The Morgan fingerprint density at radius 3 is 2.83 bits per heavy atom. The maximum absolute atomic E-state index is 10.4. The molecule has 0 fully saturated rings. The maximum atomic E-state index is 10.4. The molecule has 7 nitrogen and oxygen atoms in total. The van der Waals surface area contributed by atoms with Gasteiger partial charge >= 0.3 is 6.01 Å². The number of anilines is 2. The number of aromatic nitrogens is 3. The van der Waals surface area contributed by atoms with E-state index in [-0.39, 0.29) is 25.7 Å². The fourth-order valence-corrected chi connectivity index (χ4v) is 2.49. The lowest BCUT2D eigenvalue weighted by atomic mass is 10.3. The second kappa shape index (κ2) is 7.33. The van der Waals surface area contributed by atoms with E-state index in [1.165, 1.54) is 11.4 Å². The van der Waals surface area contributed by atoms with Gasteiger partial charge in [-0.3, -0.25) is 4.57 Å². The molecule has 0 radical (unpaired) electrons. The highest BCUT2D eigenvalue weighted by Crippen LogP contribution is 2.22. The van der Waals surface area contributed by atoms with Crippen molar-refractivity contribution >= 4 is 30.9 Å². The summed E-state index contributed by atoms with van der Waals surface area (Å²) in [6.07, 6.45) is 0. The predicted octanol–water partition coefficient (Wildman–Crippen LogP) is 1.62. The van der Waals surface area contributed by atoms with E-state index in [1.807, 2.05) is 25.8 Å². The van der Waals surface area contributed by atoms with Crippen LogP contribution in [0.4, 0.5) is 11.9 Å². The fraction of sp³-hybridized carbons (Fsp3) is 0.667. The summed E-state index contributed by atoms with van der Waals surface area (Å²) in [6.45, 7) is 4.29. The van der Waals surface area contributed by atoms with Gasteiger partial charge in [0, 0.05) is 18.8 Å². The summed E-state index contributed by atoms with van der Waals surface area (Å²) in [5.74, 6) is 1.26. The molecule has 0 saturated carbocycles. The second-order valence-electron chi connectivity index (χ2n) is 3.54. The number of rotatable bonds is 7. The van der Waals surface area contributed by atoms with Gasteiger partial charge in [-0.25, -0.2) is 0 Å². The Balaban J connectivity index is 2.83. The van der Waals surface area contributed by atoms with Gasteiger partial charge in [-0.05, 0) is 13.8 Å². The lowest BCUT2D eigenvalue weighted by Gasteiger charge is -2.23. The van der Waals surface area contributed by atoms with Crippen molar-refractivity contribution in [2.45, 2.75) is 19.9 Å². The molecule has 1 aromatic rings. The highest BCUT2D eigenvalue weighted by Gasteiger charge is 2.15. The van der Waals surface area contributed by atoms with Crippen molar-refractivity contribution in [1.82, 2.24) is 15.0 Å². The molecule has 0 saturated heterocycles. The Morgan fingerprint density at radius 1 is 1.50 bits per heavy atom. The van der Waals surface area contributed by atoms with Crippen molar-refractivity contribution in [3.8, 4) is 6.01 Å². The number of hydrogen-bond acceptors (Lipinski definition) is 8. The molecule has 0 aromatic carbocycles. The van der Waals surface area contributed by atoms with Gasteiger partial charge in [0.25, 0.3) is 0 Å². The average molecular weight is 289 g/mol. The number of hydrogen-bond donors (Lipinski definition) is 1. The minimum Gasteiger partial charge on any atom is -0.464 e. The van der Waals surface area contributed by atoms with Crippen molar-refractivity contribution in [1.29, 1.82) is 0 Å². The molecule has 0 aliphatic carbocycles. The first-order chi connectivity index (χ1) is 8.58. The molecule has 100 valence electrons. The molecule has 18 heavy (non-hydrogen) atoms. The summed E-state index contributed by atoms with van der Waals surface area (Å²) < 4.78 is 15.6. The average Bonchev–Trinajstić information content (AvgIpc) is 2.34. The molecule has 1 rings (SSSR count). The van der Waals surface area contributed by atoms with Crippen LogP contribution in [-0.4, -0.2) is 40.4 Å². The van der Waals surface area contributed by atoms with Crippen LogP contribution in [-0.2, 0) is 4.57 Å². The van der Waals surface area contributed by atoms with Crippen molar-refractivity contribution in [3.63, 3.8) is 0 Å². The van der Waals surface area contributed by atoms with Gasteiger partial charge in [0.1, 0.15) is 0 Å². The van der Waals surface area contributed by atoms with Crippen LogP contribution in [0.3, 0.4) is 0 Å². The smallest absolute Gasteiger partial charge is 0.323 e. The van der Waals surface area contributed by atoms with Crippen molar-refractivity contribution in [2.75, 3.05) is 30.0 Å². The highest BCUT2D eigenvalue weighted by atomic mass is 32.7. The van der Waals surface area contributed by atoms with Crippen molar-refractivity contribution in [3.05, 3.63) is 0 Å². The highest BCUT2D eigenvalue weighted by molar-refractivity contribution is 8.45. The monoisotopic (exact) mass is 289 g/mol. The van der Waals surface area contributed by atoms with Gasteiger partial charge in [0.05, 0.1) is 6.61 Å². The van der Waals surface area contributed by atoms with E-state index in [0.717, 1.165) is 0 Å². The Labute approximate surface area is 111 Å². The van der Waals surface area contributed by atoms with Crippen LogP contribution in [0, 0.1) is 0 Å². The van der Waals surface area contributed by atoms with E-state index in [0.29, 0.717) is 18.3 Å². The topological polar surface area (TPSA) is 94.2 Å². The summed E-state index contributed by atoms with van der Waals surface area (Å²) in [5, 5.41) is 0. The van der Waals surface area contributed by atoms with Crippen LogP contribution < -0.4 is 15.4 Å². The second-order valence-corrected chi connectivity index (χ2v) is 5.50. The summed E-state index contributed by atoms with van der Waals surface area (Å²) in [5.41, 5.74) is 5.60. The zero-order valence-corrected chi connectivity index (χ0v) is 12.2. The molecule has 0 spiro atoms. The standard InChI is InChI=1S/C9H16N5O2PS/c1-4-16-9-12-7(10)11-8(13-9)14(3)6(2)5-18-17-15/h6H,4-5H2,1-3H3,(H2,10,11,12,13). The van der Waals surface area contributed by atoms with Crippen LogP contribution in [0.5, 0.6) is 6.01 Å². The molecule has 1 aromatic heterocycles. The van der Waals surface area contributed by atoms with Crippen LogP contribution in [0.1, 0.15) is 13.8 Å². The van der Waals surface area contributed by atoms with Crippen LogP contribution in [0.25, 0.3) is 0 Å². The van der Waals surface area contributed by atoms with Gasteiger partial charge in [-0.2, -0.15) is 15.0 Å². The lowest BCUT2D eigenvalue weighted by molar-refractivity contribution is 0.312. The molecule has 0 aliphatic rings. The predicted molar refractivity (Wildman–Crippen MR) is 73.3 cm³/mol. The molecule has 0 bridgehead atoms. The van der Waals surface area contributed by atoms with E-state index in [9.17, 15) is 4.57 Å². The van der Waals surface area contributed by atoms with E-state index in [1.54, 1.807) is 0 Å². The van der Waals surface area contributed by atoms with E-state index in [4.69, 9.17) is 10.5 Å². The van der Waals surface area contributed by atoms with Gasteiger partial charge in [0.15, 0.2) is 0 Å². The first-order valence-corrected chi connectivity index (χ1v) is 7.80. The lowest BCUT2D eigenvalue weighted by Crippen LogP contribution is -2.32. The molecule has 9 heteroatoms. The first kappa shape index (κ1) is 14.9. The number of ether oxygens (including phenoxy) is 1. The normalized spacial score (nSPS) is 12.4. The Kier molecular flexibility index (Phi) is 6.07. The first-order valence-electron chi connectivity index (χ1n) is 5.40. The van der Waals surface area contributed by atoms with Gasteiger partial charge < -0.3 is 15.4 Å². The van der Waals surface area contributed by atoms with Crippen molar-refractivity contribution in [2.24, 2.45) is 0 Å². The van der Waals surface area contributed by atoms with E-state index < -0.39 is 0 Å². The maximum Gasteiger partial charge on any atom is 0.323 e. The zero-order valence-electron chi connectivity index (χ0n) is 10.5.